The average molecular weight is 499 g/mol. The molecule has 2 aromatic rings. The number of carbonyl (C=O) groups is 1. The first-order valence-corrected chi connectivity index (χ1v) is 9.53. The van der Waals surface area contributed by atoms with Crippen LogP contribution in [-0.4, -0.2) is 69.2 Å². The van der Waals surface area contributed by atoms with Crippen molar-refractivity contribution in [2.75, 3.05) is 32.7 Å². The van der Waals surface area contributed by atoms with Gasteiger partial charge in [0.15, 0.2) is 17.5 Å². The first kappa shape index (κ1) is 20.6. The molecule has 1 amide bonds. The molecule has 10 heteroatoms. The summed E-state index contributed by atoms with van der Waals surface area (Å²) in [4.78, 5) is 21.2. The maximum Gasteiger partial charge on any atom is 0.289 e. The van der Waals surface area contributed by atoms with Crippen molar-refractivity contribution in [2.24, 2.45) is 4.99 Å². The lowest BCUT2D eigenvalue weighted by molar-refractivity contribution is 0.0657. The lowest BCUT2D eigenvalue weighted by atomic mass is 10.3. The van der Waals surface area contributed by atoms with Gasteiger partial charge in [-0.1, -0.05) is 0 Å². The lowest BCUT2D eigenvalue weighted by Gasteiger charge is -2.36. The Balaban J connectivity index is 0.00000225. The van der Waals surface area contributed by atoms with Gasteiger partial charge in [0.1, 0.15) is 12.4 Å². The minimum atomic E-state index is -0.0550. The van der Waals surface area contributed by atoms with Crippen molar-refractivity contribution in [1.29, 1.82) is 0 Å². The molecule has 4 heterocycles. The number of nitrogens with one attached hydrogen (secondary N) is 1. The normalized spacial score (nSPS) is 16.7. The van der Waals surface area contributed by atoms with Crippen LogP contribution in [0.25, 0.3) is 0 Å². The number of amides is 1. The van der Waals surface area contributed by atoms with Crippen LogP contribution in [0.3, 0.4) is 0 Å². The van der Waals surface area contributed by atoms with Crippen molar-refractivity contribution in [2.45, 2.75) is 32.9 Å². The number of aromatic nitrogens is 3. The van der Waals surface area contributed by atoms with Crippen molar-refractivity contribution in [3.8, 4) is 0 Å². The van der Waals surface area contributed by atoms with Crippen LogP contribution in [0.4, 0.5) is 0 Å². The summed E-state index contributed by atoms with van der Waals surface area (Å²) in [7, 11) is 0. The summed E-state index contributed by atoms with van der Waals surface area (Å²) in [5.41, 5.74) is 0. The number of halogens is 1. The molecule has 1 N–H and O–H groups in total. The number of aryl methyl sites for hydroxylation is 1. The molecule has 9 nitrogen and oxygen atoms in total. The van der Waals surface area contributed by atoms with Crippen LogP contribution in [0.1, 0.15) is 35.5 Å². The Hall–Kier alpha value is -2.11. The smallest absolute Gasteiger partial charge is 0.289 e. The Morgan fingerprint density at radius 2 is 2.00 bits per heavy atom. The van der Waals surface area contributed by atoms with Gasteiger partial charge in [-0.05, 0) is 25.5 Å². The topological polar surface area (TPSA) is 91.8 Å². The molecule has 2 aliphatic rings. The zero-order chi connectivity index (χ0) is 18.6. The molecule has 0 atom stereocenters. The number of fused-ring (bicyclic) bond motifs is 1. The van der Waals surface area contributed by atoms with E-state index in [1.165, 1.54) is 6.26 Å². The predicted molar refractivity (Wildman–Crippen MR) is 115 cm³/mol. The second-order valence-corrected chi connectivity index (χ2v) is 6.71. The van der Waals surface area contributed by atoms with Crippen LogP contribution in [0.5, 0.6) is 0 Å². The first-order valence-electron chi connectivity index (χ1n) is 9.53. The number of furan rings is 1. The standard InChI is InChI=1S/C18H25N7O2.HI/c1-2-19-18(20-13-16-22-21-15-6-3-7-25(15)16)24-10-8-23(9-11-24)17(26)14-5-4-12-27-14;/h4-5,12H,2-3,6-11,13H2,1H3,(H,19,20);1H. The van der Waals surface area contributed by atoms with E-state index < -0.39 is 0 Å². The molecule has 0 spiro atoms. The molecule has 4 rings (SSSR count). The Morgan fingerprint density at radius 3 is 2.71 bits per heavy atom. The second kappa shape index (κ2) is 9.39. The maximum atomic E-state index is 12.4. The van der Waals surface area contributed by atoms with E-state index in [9.17, 15) is 4.79 Å². The Labute approximate surface area is 181 Å². The van der Waals surface area contributed by atoms with E-state index in [-0.39, 0.29) is 29.9 Å². The monoisotopic (exact) mass is 499 g/mol. The summed E-state index contributed by atoms with van der Waals surface area (Å²) in [5.74, 6) is 3.18. The molecule has 0 unspecified atom stereocenters. The summed E-state index contributed by atoms with van der Waals surface area (Å²) >= 11 is 0. The van der Waals surface area contributed by atoms with E-state index in [4.69, 9.17) is 9.41 Å². The van der Waals surface area contributed by atoms with Gasteiger partial charge < -0.3 is 24.1 Å². The number of rotatable bonds is 4. The molecule has 1 saturated heterocycles. The highest BCUT2D eigenvalue weighted by Gasteiger charge is 2.25. The van der Waals surface area contributed by atoms with E-state index >= 15 is 0 Å². The molecule has 0 bridgehead atoms. The molecule has 28 heavy (non-hydrogen) atoms. The molecular formula is C18H26IN7O2. The summed E-state index contributed by atoms with van der Waals surface area (Å²) in [5, 5.41) is 11.9. The van der Waals surface area contributed by atoms with Gasteiger partial charge in [-0.3, -0.25) is 4.79 Å². The van der Waals surface area contributed by atoms with Crippen LogP contribution in [-0.2, 0) is 19.5 Å². The predicted octanol–water partition coefficient (Wildman–Crippen LogP) is 1.36. The Kier molecular flexibility index (Phi) is 6.92. The SMILES string of the molecule is CCNC(=NCc1nnc2n1CCC2)N1CCN(C(=O)c2ccco2)CC1.I. The van der Waals surface area contributed by atoms with E-state index in [1.807, 2.05) is 4.90 Å². The quantitative estimate of drug-likeness (QED) is 0.388. The van der Waals surface area contributed by atoms with E-state index in [0.29, 0.717) is 25.4 Å². The fourth-order valence-corrected chi connectivity index (χ4v) is 3.58. The summed E-state index contributed by atoms with van der Waals surface area (Å²) in [6.45, 7) is 7.10. The van der Waals surface area contributed by atoms with Gasteiger partial charge in [-0.2, -0.15) is 0 Å². The van der Waals surface area contributed by atoms with E-state index in [1.54, 1.807) is 12.1 Å². The van der Waals surface area contributed by atoms with Crippen molar-refractivity contribution in [1.82, 2.24) is 29.9 Å². The van der Waals surface area contributed by atoms with Gasteiger partial charge in [0.05, 0.1) is 6.26 Å². The van der Waals surface area contributed by atoms with E-state index in [2.05, 4.69) is 31.9 Å². The maximum absolute atomic E-state index is 12.4. The fourth-order valence-electron chi connectivity index (χ4n) is 3.58. The van der Waals surface area contributed by atoms with Gasteiger partial charge >= 0.3 is 0 Å². The van der Waals surface area contributed by atoms with Crippen LogP contribution in [0.15, 0.2) is 27.8 Å². The van der Waals surface area contributed by atoms with Gasteiger partial charge in [-0.15, -0.1) is 34.2 Å². The van der Waals surface area contributed by atoms with Gasteiger partial charge in [-0.25, -0.2) is 4.99 Å². The third-order valence-electron chi connectivity index (χ3n) is 4.99. The van der Waals surface area contributed by atoms with E-state index in [0.717, 1.165) is 56.6 Å². The third-order valence-corrected chi connectivity index (χ3v) is 4.99. The lowest BCUT2D eigenvalue weighted by Crippen LogP contribution is -2.53. The largest absolute Gasteiger partial charge is 0.459 e. The van der Waals surface area contributed by atoms with Gasteiger partial charge in [0.2, 0.25) is 0 Å². The number of carbonyl (C=O) groups excluding carboxylic acids is 1. The highest BCUT2D eigenvalue weighted by molar-refractivity contribution is 14.0. The summed E-state index contributed by atoms with van der Waals surface area (Å²) in [6.07, 6.45) is 3.66. The Morgan fingerprint density at radius 1 is 1.21 bits per heavy atom. The number of nitrogens with zero attached hydrogens (tertiary/aromatic N) is 6. The molecule has 2 aliphatic heterocycles. The van der Waals surface area contributed by atoms with Crippen molar-refractivity contribution >= 4 is 35.8 Å². The summed E-state index contributed by atoms with van der Waals surface area (Å²) in [6, 6.07) is 3.44. The zero-order valence-corrected chi connectivity index (χ0v) is 18.3. The molecule has 0 aromatic carbocycles. The van der Waals surface area contributed by atoms with Crippen molar-refractivity contribution in [3.05, 3.63) is 35.8 Å². The Bertz CT molecular complexity index is 810. The van der Waals surface area contributed by atoms with Crippen LogP contribution in [0.2, 0.25) is 0 Å². The van der Waals surface area contributed by atoms with Crippen molar-refractivity contribution in [3.63, 3.8) is 0 Å². The molecule has 2 aromatic heterocycles. The molecule has 152 valence electrons. The minimum Gasteiger partial charge on any atom is -0.459 e. The van der Waals surface area contributed by atoms with Crippen LogP contribution in [0, 0.1) is 0 Å². The highest BCUT2D eigenvalue weighted by atomic mass is 127. The highest BCUT2D eigenvalue weighted by Crippen LogP contribution is 2.15. The second-order valence-electron chi connectivity index (χ2n) is 6.71. The number of hydrogen-bond acceptors (Lipinski definition) is 5. The first-order chi connectivity index (χ1) is 13.3. The minimum absolute atomic E-state index is 0. The van der Waals surface area contributed by atoms with Gasteiger partial charge in [0.25, 0.3) is 5.91 Å². The molecule has 0 aliphatic carbocycles. The number of guanidine groups is 1. The fraction of sp³-hybridized carbons (Fsp3) is 0.556. The molecule has 0 saturated carbocycles. The zero-order valence-electron chi connectivity index (χ0n) is 16.0. The van der Waals surface area contributed by atoms with Gasteiger partial charge in [0, 0.05) is 45.7 Å². The van der Waals surface area contributed by atoms with Crippen molar-refractivity contribution < 1.29 is 9.21 Å². The number of hydrogen-bond donors (Lipinski definition) is 1. The van der Waals surface area contributed by atoms with Crippen LogP contribution >= 0.6 is 24.0 Å². The molecule has 1 fully saturated rings. The summed E-state index contributed by atoms with van der Waals surface area (Å²) < 4.78 is 7.40. The van der Waals surface area contributed by atoms with Crippen LogP contribution < -0.4 is 5.32 Å². The third kappa shape index (κ3) is 4.31. The average Bonchev–Trinajstić information content (AvgIpc) is 3.43. The molecular weight excluding hydrogens is 473 g/mol. The number of aliphatic imine (C=N–C) groups is 1. The number of piperazine rings is 1. The molecule has 0 radical (unpaired) electrons.